The second kappa shape index (κ2) is 4.49. The van der Waals surface area contributed by atoms with Crippen LogP contribution < -0.4 is 10.6 Å². The van der Waals surface area contributed by atoms with Crippen LogP contribution in [-0.4, -0.2) is 18.0 Å². The smallest absolute Gasteiger partial charge is 0.228 e. The van der Waals surface area contributed by atoms with Gasteiger partial charge in [0.05, 0.1) is 0 Å². The van der Waals surface area contributed by atoms with Crippen molar-refractivity contribution in [3.63, 3.8) is 0 Å². The fourth-order valence-corrected chi connectivity index (χ4v) is 2.29. The summed E-state index contributed by atoms with van der Waals surface area (Å²) in [5.41, 5.74) is 8.16. The summed E-state index contributed by atoms with van der Waals surface area (Å²) in [5, 5.41) is 0. The number of carbonyl (C=O) groups is 1. The minimum atomic E-state index is -0.0488. The van der Waals surface area contributed by atoms with Gasteiger partial charge < -0.3 is 10.6 Å². The highest BCUT2D eigenvalue weighted by molar-refractivity contribution is 5.97. The van der Waals surface area contributed by atoms with Crippen LogP contribution in [0.3, 0.4) is 0 Å². The Hall–Kier alpha value is -1.35. The first-order chi connectivity index (χ1) is 8.00. The standard InChI is InChI=1S/C14H20N2O/c1-9(2)11-4-6-12(7-5-11)16-10(3)13(15)8-14(16)17/h4-7,9-10,13H,8,15H2,1-3H3. The van der Waals surface area contributed by atoms with Crippen molar-refractivity contribution in [2.24, 2.45) is 5.73 Å². The summed E-state index contributed by atoms with van der Waals surface area (Å²) in [6.07, 6.45) is 0.451. The molecule has 92 valence electrons. The molecule has 2 N–H and O–H groups in total. The Morgan fingerprint density at radius 3 is 2.29 bits per heavy atom. The molecule has 0 aliphatic carbocycles. The Balaban J connectivity index is 2.25. The van der Waals surface area contributed by atoms with Crippen molar-refractivity contribution in [3.05, 3.63) is 29.8 Å². The molecule has 1 aromatic carbocycles. The lowest BCUT2D eigenvalue weighted by atomic mass is 10.0. The molecule has 1 aromatic rings. The van der Waals surface area contributed by atoms with E-state index in [0.717, 1.165) is 5.69 Å². The van der Waals surface area contributed by atoms with Crippen LogP contribution in [0.25, 0.3) is 0 Å². The normalized spacial score (nSPS) is 24.8. The zero-order valence-corrected chi connectivity index (χ0v) is 10.7. The molecule has 1 saturated heterocycles. The second-order valence-electron chi connectivity index (χ2n) is 5.12. The van der Waals surface area contributed by atoms with Crippen LogP contribution in [0.2, 0.25) is 0 Å². The number of amides is 1. The zero-order chi connectivity index (χ0) is 12.6. The van der Waals surface area contributed by atoms with Crippen LogP contribution in [0.15, 0.2) is 24.3 Å². The molecule has 1 aliphatic heterocycles. The molecule has 0 saturated carbocycles. The van der Waals surface area contributed by atoms with Gasteiger partial charge >= 0.3 is 0 Å². The molecule has 2 unspecified atom stereocenters. The summed E-state index contributed by atoms with van der Waals surface area (Å²) in [7, 11) is 0. The number of carbonyl (C=O) groups excluding carboxylic acids is 1. The molecule has 1 heterocycles. The van der Waals surface area contributed by atoms with Gasteiger partial charge in [-0.05, 0) is 30.5 Å². The topological polar surface area (TPSA) is 46.3 Å². The Kier molecular flexibility index (Phi) is 3.20. The van der Waals surface area contributed by atoms with E-state index in [1.807, 2.05) is 24.0 Å². The molecule has 0 radical (unpaired) electrons. The van der Waals surface area contributed by atoms with Gasteiger partial charge in [-0.3, -0.25) is 4.79 Å². The van der Waals surface area contributed by atoms with Crippen molar-refractivity contribution in [3.8, 4) is 0 Å². The van der Waals surface area contributed by atoms with Crippen molar-refractivity contribution in [2.75, 3.05) is 4.90 Å². The van der Waals surface area contributed by atoms with Gasteiger partial charge in [-0.25, -0.2) is 0 Å². The molecular formula is C14H20N2O. The monoisotopic (exact) mass is 232 g/mol. The van der Waals surface area contributed by atoms with Gasteiger partial charge in [0, 0.05) is 24.2 Å². The first kappa shape index (κ1) is 12.1. The summed E-state index contributed by atoms with van der Waals surface area (Å²) in [5.74, 6) is 0.639. The SMILES string of the molecule is CC(C)c1ccc(N2C(=O)CC(N)C2C)cc1. The van der Waals surface area contributed by atoms with Crippen LogP contribution in [0, 0.1) is 0 Å². The molecule has 3 nitrogen and oxygen atoms in total. The van der Waals surface area contributed by atoms with Crippen LogP contribution in [-0.2, 0) is 4.79 Å². The Morgan fingerprint density at radius 1 is 1.29 bits per heavy atom. The lowest BCUT2D eigenvalue weighted by Gasteiger charge is -2.23. The van der Waals surface area contributed by atoms with Gasteiger partial charge in [-0.2, -0.15) is 0 Å². The number of benzene rings is 1. The third-order valence-electron chi connectivity index (χ3n) is 3.54. The first-order valence-electron chi connectivity index (χ1n) is 6.18. The van der Waals surface area contributed by atoms with Crippen LogP contribution in [0.1, 0.15) is 38.7 Å². The molecule has 1 fully saturated rings. The van der Waals surface area contributed by atoms with E-state index in [2.05, 4.69) is 26.0 Å². The van der Waals surface area contributed by atoms with E-state index < -0.39 is 0 Å². The number of nitrogens with two attached hydrogens (primary N) is 1. The summed E-state index contributed by atoms with van der Waals surface area (Å²) in [6, 6.07) is 8.25. The highest BCUT2D eigenvalue weighted by Crippen LogP contribution is 2.27. The van der Waals surface area contributed by atoms with Crippen LogP contribution in [0.5, 0.6) is 0 Å². The highest BCUT2D eigenvalue weighted by Gasteiger charge is 2.35. The quantitative estimate of drug-likeness (QED) is 0.850. The Bertz CT molecular complexity index is 411. The minimum Gasteiger partial charge on any atom is -0.325 e. The molecule has 1 amide bonds. The van der Waals surface area contributed by atoms with Gasteiger partial charge in [0.1, 0.15) is 0 Å². The summed E-state index contributed by atoms with van der Waals surface area (Å²) in [6.45, 7) is 6.33. The van der Waals surface area contributed by atoms with Crippen LogP contribution in [0.4, 0.5) is 5.69 Å². The van der Waals surface area contributed by atoms with E-state index in [1.54, 1.807) is 0 Å². The van der Waals surface area contributed by atoms with Crippen molar-refractivity contribution in [1.29, 1.82) is 0 Å². The van der Waals surface area contributed by atoms with E-state index in [0.29, 0.717) is 12.3 Å². The molecule has 0 bridgehead atoms. The third kappa shape index (κ3) is 2.20. The molecule has 3 heteroatoms. The molecule has 2 atom stereocenters. The van der Waals surface area contributed by atoms with E-state index in [9.17, 15) is 4.79 Å². The predicted molar refractivity (Wildman–Crippen MR) is 70.1 cm³/mol. The Morgan fingerprint density at radius 2 is 1.88 bits per heavy atom. The average Bonchev–Trinajstić information content (AvgIpc) is 2.53. The summed E-state index contributed by atoms with van der Waals surface area (Å²) >= 11 is 0. The number of rotatable bonds is 2. The van der Waals surface area contributed by atoms with E-state index in [-0.39, 0.29) is 18.0 Å². The number of anilines is 1. The average molecular weight is 232 g/mol. The third-order valence-corrected chi connectivity index (χ3v) is 3.54. The fourth-order valence-electron chi connectivity index (χ4n) is 2.29. The largest absolute Gasteiger partial charge is 0.325 e. The van der Waals surface area contributed by atoms with Gasteiger partial charge in [0.2, 0.25) is 5.91 Å². The lowest BCUT2D eigenvalue weighted by Crippen LogP contribution is -2.37. The van der Waals surface area contributed by atoms with E-state index in [1.165, 1.54) is 5.56 Å². The maximum Gasteiger partial charge on any atom is 0.228 e. The molecule has 0 spiro atoms. The first-order valence-corrected chi connectivity index (χ1v) is 6.18. The van der Waals surface area contributed by atoms with Gasteiger partial charge in [0.15, 0.2) is 0 Å². The Labute approximate surface area is 103 Å². The number of hydrogen-bond donors (Lipinski definition) is 1. The maximum absolute atomic E-state index is 11.9. The zero-order valence-electron chi connectivity index (χ0n) is 10.7. The summed E-state index contributed by atoms with van der Waals surface area (Å²) < 4.78 is 0. The van der Waals surface area contributed by atoms with E-state index >= 15 is 0 Å². The van der Waals surface area contributed by atoms with Crippen molar-refractivity contribution >= 4 is 11.6 Å². The van der Waals surface area contributed by atoms with Gasteiger partial charge in [-0.1, -0.05) is 26.0 Å². The predicted octanol–water partition coefficient (Wildman–Crippen LogP) is 2.26. The maximum atomic E-state index is 11.9. The van der Waals surface area contributed by atoms with Crippen molar-refractivity contribution in [1.82, 2.24) is 0 Å². The number of nitrogens with zero attached hydrogens (tertiary/aromatic N) is 1. The van der Waals surface area contributed by atoms with Gasteiger partial charge in [-0.15, -0.1) is 0 Å². The lowest BCUT2D eigenvalue weighted by molar-refractivity contribution is -0.117. The fraction of sp³-hybridized carbons (Fsp3) is 0.500. The molecule has 1 aliphatic rings. The van der Waals surface area contributed by atoms with Crippen molar-refractivity contribution in [2.45, 2.75) is 45.2 Å². The second-order valence-corrected chi connectivity index (χ2v) is 5.12. The van der Waals surface area contributed by atoms with Gasteiger partial charge in [0.25, 0.3) is 0 Å². The number of hydrogen-bond acceptors (Lipinski definition) is 2. The molecular weight excluding hydrogens is 212 g/mol. The summed E-state index contributed by atoms with van der Waals surface area (Å²) in [4.78, 5) is 13.7. The van der Waals surface area contributed by atoms with Crippen LogP contribution >= 0.6 is 0 Å². The molecule has 0 aromatic heterocycles. The highest BCUT2D eigenvalue weighted by atomic mass is 16.2. The van der Waals surface area contributed by atoms with Crippen molar-refractivity contribution < 1.29 is 4.79 Å². The molecule has 17 heavy (non-hydrogen) atoms. The molecule has 2 rings (SSSR count). The van der Waals surface area contributed by atoms with E-state index in [4.69, 9.17) is 5.73 Å². The minimum absolute atomic E-state index is 0.0488.